The summed E-state index contributed by atoms with van der Waals surface area (Å²) in [7, 11) is 1.45. The lowest BCUT2D eigenvalue weighted by Gasteiger charge is -2.03. The van der Waals surface area contributed by atoms with Crippen molar-refractivity contribution in [1.82, 2.24) is 10.3 Å². The molecule has 1 aromatic rings. The molecule has 0 unspecified atom stereocenters. The second kappa shape index (κ2) is 6.88. The van der Waals surface area contributed by atoms with Gasteiger partial charge in [0.1, 0.15) is 0 Å². The van der Waals surface area contributed by atoms with Gasteiger partial charge in [-0.3, -0.25) is 9.59 Å². The van der Waals surface area contributed by atoms with E-state index in [-0.39, 0.29) is 18.0 Å². The van der Waals surface area contributed by atoms with Gasteiger partial charge in [0.2, 0.25) is 0 Å². The molecule has 6 nitrogen and oxygen atoms in total. The van der Waals surface area contributed by atoms with Crippen LogP contribution in [0.3, 0.4) is 0 Å². The van der Waals surface area contributed by atoms with Gasteiger partial charge in [-0.25, -0.2) is 4.79 Å². The Morgan fingerprint density at radius 3 is 2.38 bits per heavy atom. The number of ether oxygens (including phenoxy) is 1. The molecule has 2 N–H and O–H groups in total. The molecule has 0 bridgehead atoms. The quantitative estimate of drug-likeness (QED) is 0.373. The number of likely N-dealkylation sites (N-methyl/N-ethyl adjacent to an activating group) is 1. The van der Waals surface area contributed by atoms with E-state index in [1.54, 1.807) is 20.8 Å². The van der Waals surface area contributed by atoms with E-state index >= 15 is 0 Å². The molecular formula is C15H20N2O4. The maximum Gasteiger partial charge on any atom is 0.340 e. The third-order valence-electron chi connectivity index (χ3n) is 3.10. The highest BCUT2D eigenvalue weighted by Crippen LogP contribution is 2.21. The number of Topliss-reactive ketones (excluding diaryl/α,β-unsaturated/α-hetero) is 1. The molecule has 0 aliphatic rings. The number of rotatable bonds is 5. The van der Waals surface area contributed by atoms with Crippen LogP contribution in [-0.4, -0.2) is 36.3 Å². The van der Waals surface area contributed by atoms with Gasteiger partial charge in [-0.15, -0.1) is 0 Å². The highest BCUT2D eigenvalue weighted by Gasteiger charge is 2.20. The van der Waals surface area contributed by atoms with Gasteiger partial charge in [-0.05, 0) is 39.3 Å². The molecule has 0 aliphatic carbocycles. The largest absolute Gasteiger partial charge is 0.462 e. The maximum absolute atomic E-state index is 11.9. The van der Waals surface area contributed by atoms with Gasteiger partial charge >= 0.3 is 5.97 Å². The summed E-state index contributed by atoms with van der Waals surface area (Å²) in [6.07, 6.45) is 1.45. The van der Waals surface area contributed by atoms with Gasteiger partial charge in [0, 0.05) is 18.4 Å². The number of aromatic nitrogens is 1. The molecule has 1 amide bonds. The van der Waals surface area contributed by atoms with E-state index < -0.39 is 11.9 Å². The monoisotopic (exact) mass is 292 g/mol. The van der Waals surface area contributed by atoms with Crippen LogP contribution in [0.5, 0.6) is 0 Å². The Morgan fingerprint density at radius 2 is 1.90 bits per heavy atom. The number of nitrogens with one attached hydrogen (secondary N) is 2. The fourth-order valence-electron chi connectivity index (χ4n) is 2.03. The van der Waals surface area contributed by atoms with Crippen molar-refractivity contribution in [3.8, 4) is 0 Å². The summed E-state index contributed by atoms with van der Waals surface area (Å²) in [6.45, 7) is 6.81. The van der Waals surface area contributed by atoms with Crippen molar-refractivity contribution in [3.63, 3.8) is 0 Å². The molecule has 0 fully saturated rings. The van der Waals surface area contributed by atoms with Gasteiger partial charge in [0.15, 0.2) is 5.78 Å². The van der Waals surface area contributed by atoms with Crippen LogP contribution in [0.4, 0.5) is 0 Å². The van der Waals surface area contributed by atoms with E-state index in [4.69, 9.17) is 4.74 Å². The van der Waals surface area contributed by atoms with Crippen LogP contribution in [0, 0.1) is 13.8 Å². The van der Waals surface area contributed by atoms with Crippen LogP contribution < -0.4 is 5.32 Å². The number of H-pyrrole nitrogens is 1. The minimum absolute atomic E-state index is 0.0252. The summed E-state index contributed by atoms with van der Waals surface area (Å²) in [5, 5.41) is 2.42. The topological polar surface area (TPSA) is 88.3 Å². The standard InChI is InChI=1S/C15H20N2O4/c1-6-21-15(20)13-8(2)12(17-9(13)3)7-11(10(4)18)14(19)16-5/h7,17H,6H2,1-5H3,(H,16,19)/b11-7-. The number of carbonyl (C=O) groups excluding carboxylic acids is 3. The molecule has 1 heterocycles. The lowest BCUT2D eigenvalue weighted by atomic mass is 10.1. The third-order valence-corrected chi connectivity index (χ3v) is 3.10. The van der Waals surface area contributed by atoms with E-state index in [2.05, 4.69) is 10.3 Å². The van der Waals surface area contributed by atoms with E-state index in [1.165, 1.54) is 20.0 Å². The third kappa shape index (κ3) is 3.59. The van der Waals surface area contributed by atoms with Crippen molar-refractivity contribution in [1.29, 1.82) is 0 Å². The number of carbonyl (C=O) groups is 3. The summed E-state index contributed by atoms with van der Waals surface area (Å²) in [5.74, 6) is -1.24. The van der Waals surface area contributed by atoms with Crippen LogP contribution >= 0.6 is 0 Å². The van der Waals surface area contributed by atoms with Crippen LogP contribution in [0.15, 0.2) is 5.57 Å². The summed E-state index contributed by atoms with van der Waals surface area (Å²) >= 11 is 0. The molecule has 0 aliphatic heterocycles. The first-order valence-electron chi connectivity index (χ1n) is 6.64. The van der Waals surface area contributed by atoms with E-state index in [0.717, 1.165) is 0 Å². The zero-order chi connectivity index (χ0) is 16.2. The summed E-state index contributed by atoms with van der Waals surface area (Å²) in [4.78, 5) is 38.2. The Labute approximate surface area is 123 Å². The minimum atomic E-state index is -0.466. The van der Waals surface area contributed by atoms with Crippen LogP contribution in [-0.2, 0) is 14.3 Å². The molecule has 0 aromatic carbocycles. The Balaban J connectivity index is 3.33. The summed E-state index contributed by atoms with van der Waals surface area (Å²) in [5.41, 5.74) is 2.29. The van der Waals surface area contributed by atoms with Crippen molar-refractivity contribution in [2.75, 3.05) is 13.7 Å². The minimum Gasteiger partial charge on any atom is -0.462 e. The first kappa shape index (κ1) is 16.7. The molecule has 114 valence electrons. The number of esters is 1. The fourth-order valence-corrected chi connectivity index (χ4v) is 2.03. The van der Waals surface area contributed by atoms with Crippen molar-refractivity contribution < 1.29 is 19.1 Å². The van der Waals surface area contributed by atoms with Crippen molar-refractivity contribution in [2.45, 2.75) is 27.7 Å². The Hall–Kier alpha value is -2.37. The van der Waals surface area contributed by atoms with Gasteiger partial charge in [0.05, 0.1) is 17.7 Å². The van der Waals surface area contributed by atoms with Crippen LogP contribution in [0.25, 0.3) is 6.08 Å². The van der Waals surface area contributed by atoms with Gasteiger partial charge in [0.25, 0.3) is 5.91 Å². The highest BCUT2D eigenvalue weighted by atomic mass is 16.5. The summed E-state index contributed by atoms with van der Waals surface area (Å²) < 4.78 is 5.00. The molecule has 6 heteroatoms. The lowest BCUT2D eigenvalue weighted by molar-refractivity contribution is -0.121. The smallest absolute Gasteiger partial charge is 0.340 e. The number of hydrogen-bond donors (Lipinski definition) is 2. The average molecular weight is 292 g/mol. The Bertz CT molecular complexity index is 611. The first-order valence-corrected chi connectivity index (χ1v) is 6.64. The average Bonchev–Trinajstić information content (AvgIpc) is 2.69. The molecule has 0 spiro atoms. The SMILES string of the molecule is CCOC(=O)c1c(C)[nH]c(/C=C(/C(C)=O)C(=O)NC)c1C. The van der Waals surface area contributed by atoms with E-state index in [0.29, 0.717) is 22.5 Å². The van der Waals surface area contributed by atoms with E-state index in [1.807, 2.05) is 0 Å². The van der Waals surface area contributed by atoms with Gasteiger partial charge in [-0.2, -0.15) is 0 Å². The van der Waals surface area contributed by atoms with Crippen molar-refractivity contribution in [3.05, 3.63) is 28.1 Å². The fraction of sp³-hybridized carbons (Fsp3) is 0.400. The molecule has 1 rings (SSSR count). The number of aryl methyl sites for hydroxylation is 1. The molecule has 1 aromatic heterocycles. The van der Waals surface area contributed by atoms with Crippen molar-refractivity contribution >= 4 is 23.7 Å². The molecule has 0 atom stereocenters. The van der Waals surface area contributed by atoms with Gasteiger partial charge in [-0.1, -0.05) is 0 Å². The number of ketones is 1. The number of amides is 1. The second-order valence-corrected chi connectivity index (χ2v) is 4.58. The Kier molecular flexibility index (Phi) is 5.46. The predicted octanol–water partition coefficient (Wildman–Crippen LogP) is 1.53. The van der Waals surface area contributed by atoms with Gasteiger partial charge < -0.3 is 15.0 Å². The molecule has 0 saturated carbocycles. The summed E-state index contributed by atoms with van der Waals surface area (Å²) in [6, 6.07) is 0. The number of aromatic amines is 1. The van der Waals surface area contributed by atoms with Crippen LogP contribution in [0.2, 0.25) is 0 Å². The normalized spacial score (nSPS) is 11.2. The molecule has 21 heavy (non-hydrogen) atoms. The highest BCUT2D eigenvalue weighted by molar-refractivity contribution is 6.21. The number of hydrogen-bond acceptors (Lipinski definition) is 4. The van der Waals surface area contributed by atoms with Crippen molar-refractivity contribution in [2.24, 2.45) is 0 Å². The molecule has 0 radical (unpaired) electrons. The zero-order valence-corrected chi connectivity index (χ0v) is 12.9. The predicted molar refractivity (Wildman–Crippen MR) is 78.9 cm³/mol. The second-order valence-electron chi connectivity index (χ2n) is 4.58. The zero-order valence-electron chi connectivity index (χ0n) is 12.9. The Morgan fingerprint density at radius 1 is 1.29 bits per heavy atom. The molecule has 0 saturated heterocycles. The molecular weight excluding hydrogens is 272 g/mol. The van der Waals surface area contributed by atoms with E-state index in [9.17, 15) is 14.4 Å². The first-order chi connectivity index (χ1) is 9.83. The maximum atomic E-state index is 11.9. The lowest BCUT2D eigenvalue weighted by Crippen LogP contribution is -2.23. The van der Waals surface area contributed by atoms with Crippen LogP contribution in [0.1, 0.15) is 41.2 Å².